The maximum atomic E-state index is 4.36. The number of hydrogen-bond donors (Lipinski definition) is 0. The molecule has 0 aliphatic heterocycles. The molecule has 0 spiro atoms. The number of hydrogen-bond acceptors (Lipinski definition) is 13. The first-order chi connectivity index (χ1) is 44.7. The van der Waals surface area contributed by atoms with Crippen LogP contribution in [0.1, 0.15) is 0 Å². The largest absolute Gasteiger partial charge is 0.305 e. The Kier molecular flexibility index (Phi) is 29.6. The molecule has 16 heteroatoms. The summed E-state index contributed by atoms with van der Waals surface area (Å²) in [5.74, 6) is 1.35. The van der Waals surface area contributed by atoms with Crippen molar-refractivity contribution >= 4 is 0 Å². The van der Waals surface area contributed by atoms with Crippen molar-refractivity contribution < 1.29 is 60.3 Å². The van der Waals surface area contributed by atoms with Crippen LogP contribution in [0.25, 0.3) is 102 Å². The molecular weight excluding hydrogens is 1680 g/mol. The summed E-state index contributed by atoms with van der Waals surface area (Å²) in [6.45, 7) is 0. The summed E-state index contributed by atoms with van der Waals surface area (Å²) in [6, 6.07) is 96.6. The van der Waals surface area contributed by atoms with Crippen molar-refractivity contribution in [2.24, 2.45) is 0 Å². The fourth-order valence-electron chi connectivity index (χ4n) is 8.34. The fourth-order valence-corrected chi connectivity index (χ4v) is 8.34. The topological polar surface area (TPSA) is 168 Å². The quantitative estimate of drug-likeness (QED) is 0.125. The number of nitrogens with zero attached hydrogens (tertiary/aromatic N) is 13. The van der Waals surface area contributed by atoms with Crippen molar-refractivity contribution in [1.82, 2.24) is 64.8 Å². The minimum atomic E-state index is 0. The molecule has 3 radical (unpaired) electrons. The van der Waals surface area contributed by atoms with Crippen molar-refractivity contribution in [3.8, 4) is 102 Å². The Morgan fingerprint density at radius 1 is 0.204 bits per heavy atom. The van der Waals surface area contributed by atoms with Gasteiger partial charge in [0.05, 0.1) is 11.9 Å². The van der Waals surface area contributed by atoms with Gasteiger partial charge < -0.3 is 29.9 Å². The van der Waals surface area contributed by atoms with Crippen LogP contribution >= 0.6 is 0 Å². The van der Waals surface area contributed by atoms with Crippen LogP contribution < -0.4 is 0 Å². The minimum Gasteiger partial charge on any atom is -0.305 e. The normalized spacial score (nSPS) is 9.68. The van der Waals surface area contributed by atoms with E-state index in [9.17, 15) is 0 Å². The summed E-state index contributed by atoms with van der Waals surface area (Å²) < 4.78 is 0. The molecule has 0 aliphatic carbocycles. The molecule has 15 aromatic rings. The van der Waals surface area contributed by atoms with Crippen LogP contribution in [0, 0.1) is 36.4 Å². The van der Waals surface area contributed by atoms with E-state index in [1.54, 1.807) is 74.2 Å². The second kappa shape index (κ2) is 39.5. The van der Waals surface area contributed by atoms with Gasteiger partial charge in [-0.15, -0.1) is 215 Å². The second-order valence-electron chi connectivity index (χ2n) is 18.7. The summed E-state index contributed by atoms with van der Waals surface area (Å²) in [7, 11) is 0. The Balaban J connectivity index is 0.000000159. The summed E-state index contributed by atoms with van der Waals surface area (Å²) in [5, 5.41) is 0. The van der Waals surface area contributed by atoms with Crippen molar-refractivity contribution in [1.29, 1.82) is 0 Å². The van der Waals surface area contributed by atoms with Gasteiger partial charge in [0.15, 0.2) is 11.6 Å². The zero-order valence-corrected chi connectivity index (χ0v) is 56.6. The standard InChI is InChI=1S/2C15H10N3.C14H9N4.3C11H8N.3Ir/c1-2-5-12(6-3-1)14-11-13(7-10-16-14)15-17-8-4-9-18-15;1-2-4-12(5-3-1)14-10-13(6-7-17-14)15-11-16-8-9-18-15;1-2-4-11(5-3-1)13-8-12(6-7-16-13)14-17-9-15-10-18-14;3*1-2-6-10(7-3-1)11-8-4-5-9-12-11;;;/h1-5,7-11H;1-4,6-11H;1-4,6-10H;3*1-6,8-9H;;;/q6*-1;;;. The Morgan fingerprint density at radius 3 is 0.828 bits per heavy atom. The first-order valence-electron chi connectivity index (χ1n) is 28.3. The Morgan fingerprint density at radius 2 is 0.505 bits per heavy atom. The maximum absolute atomic E-state index is 4.36. The number of benzene rings is 6. The molecule has 0 N–H and O–H groups in total. The summed E-state index contributed by atoms with van der Waals surface area (Å²) in [4.78, 5) is 54.6. The van der Waals surface area contributed by atoms with E-state index < -0.39 is 0 Å². The van der Waals surface area contributed by atoms with Gasteiger partial charge in [-0.25, -0.2) is 24.9 Å². The van der Waals surface area contributed by atoms with Crippen LogP contribution in [0.4, 0.5) is 0 Å². The molecule has 9 aromatic heterocycles. The molecular formula is C77H53Ir3N13-6. The monoisotopic (exact) mass is 1740 g/mol. The molecule has 0 atom stereocenters. The average Bonchev–Trinajstić information content (AvgIpc) is 1.56. The number of pyridine rings is 6. The Hall–Kier alpha value is -10.7. The molecule has 9 heterocycles. The van der Waals surface area contributed by atoms with E-state index in [0.717, 1.165) is 89.9 Å². The van der Waals surface area contributed by atoms with Gasteiger partial charge in [0.25, 0.3) is 0 Å². The van der Waals surface area contributed by atoms with Crippen LogP contribution in [0.2, 0.25) is 0 Å². The third-order valence-electron chi connectivity index (χ3n) is 12.6. The average molecular weight is 1740 g/mol. The van der Waals surface area contributed by atoms with Gasteiger partial charge in [0.2, 0.25) is 0 Å². The van der Waals surface area contributed by atoms with Gasteiger partial charge in [0.1, 0.15) is 12.7 Å². The van der Waals surface area contributed by atoms with Gasteiger partial charge >= 0.3 is 0 Å². The maximum Gasteiger partial charge on any atom is 0.161 e. The van der Waals surface area contributed by atoms with E-state index in [2.05, 4.69) is 101 Å². The molecule has 13 nitrogen and oxygen atoms in total. The Bertz CT molecular complexity index is 3690. The molecule has 0 aliphatic rings. The van der Waals surface area contributed by atoms with Gasteiger partial charge in [-0.05, 0) is 82.2 Å². The van der Waals surface area contributed by atoms with Crippen LogP contribution in [0.3, 0.4) is 0 Å². The molecule has 0 bridgehead atoms. The van der Waals surface area contributed by atoms with E-state index in [4.69, 9.17) is 0 Å². The van der Waals surface area contributed by atoms with Crippen molar-refractivity contribution in [2.75, 3.05) is 0 Å². The van der Waals surface area contributed by atoms with Crippen molar-refractivity contribution in [3.63, 3.8) is 0 Å². The van der Waals surface area contributed by atoms with E-state index in [1.807, 2.05) is 237 Å². The number of aromatic nitrogens is 13. The second-order valence-corrected chi connectivity index (χ2v) is 18.7. The van der Waals surface area contributed by atoms with Crippen LogP contribution in [-0.4, -0.2) is 64.8 Å². The molecule has 0 saturated carbocycles. The van der Waals surface area contributed by atoms with E-state index in [1.165, 1.54) is 12.7 Å². The fraction of sp³-hybridized carbons (Fsp3) is 0. The van der Waals surface area contributed by atoms with E-state index >= 15 is 0 Å². The van der Waals surface area contributed by atoms with Crippen LogP contribution in [-0.2, 0) is 60.3 Å². The van der Waals surface area contributed by atoms with Gasteiger partial charge in [-0.2, -0.15) is 0 Å². The predicted molar refractivity (Wildman–Crippen MR) is 352 cm³/mol. The summed E-state index contributed by atoms with van der Waals surface area (Å²) >= 11 is 0. The van der Waals surface area contributed by atoms with Gasteiger partial charge in [-0.3, -0.25) is 9.97 Å². The zero-order valence-electron chi connectivity index (χ0n) is 49.4. The van der Waals surface area contributed by atoms with E-state index in [-0.39, 0.29) is 60.3 Å². The smallest absolute Gasteiger partial charge is 0.161 e. The third-order valence-corrected chi connectivity index (χ3v) is 12.6. The summed E-state index contributed by atoms with van der Waals surface area (Å²) in [6.07, 6.45) is 22.2. The van der Waals surface area contributed by atoms with Crippen molar-refractivity contribution in [3.05, 3.63) is 360 Å². The van der Waals surface area contributed by atoms with Crippen LogP contribution in [0.15, 0.2) is 323 Å². The predicted octanol–water partition coefficient (Wildman–Crippen LogP) is 16.1. The van der Waals surface area contributed by atoms with Crippen LogP contribution in [0.5, 0.6) is 0 Å². The van der Waals surface area contributed by atoms with E-state index in [0.29, 0.717) is 11.6 Å². The van der Waals surface area contributed by atoms with Gasteiger partial charge in [0, 0.05) is 133 Å². The number of rotatable bonds is 9. The van der Waals surface area contributed by atoms with Gasteiger partial charge in [-0.1, -0.05) is 54.6 Å². The molecule has 0 amide bonds. The molecule has 93 heavy (non-hydrogen) atoms. The third kappa shape index (κ3) is 22.4. The molecule has 0 fully saturated rings. The molecule has 6 aromatic carbocycles. The minimum absolute atomic E-state index is 0. The summed E-state index contributed by atoms with van der Waals surface area (Å²) in [5.41, 5.74) is 15.3. The molecule has 0 saturated heterocycles. The molecule has 459 valence electrons. The zero-order chi connectivity index (χ0) is 61.3. The first kappa shape index (κ1) is 69.8. The Labute approximate surface area is 582 Å². The molecule has 15 rings (SSSR count). The molecule has 0 unspecified atom stereocenters. The van der Waals surface area contributed by atoms with Crippen molar-refractivity contribution in [2.45, 2.75) is 0 Å². The first-order valence-corrected chi connectivity index (χ1v) is 28.3. The SMILES string of the molecule is [Ir].[Ir].[Ir].[c-]1ccccc1-c1cc(-c2cnccn2)ccn1.[c-]1ccccc1-c1cc(-c2ncccn2)ccn1.[c-]1ccccc1-c1cc(-c2ncncn2)ccn1.[c-]1ccccc1-c1ccccn1.[c-]1ccccc1-c1ccccn1.[c-]1ccccc1-c1ccccn1.